The Morgan fingerprint density at radius 2 is 1.65 bits per heavy atom. The number of aliphatic imine (C=N–C) groups is 1. The highest BCUT2D eigenvalue weighted by molar-refractivity contribution is 6.12. The van der Waals surface area contributed by atoms with Crippen LogP contribution < -0.4 is 4.74 Å². The monoisotopic (exact) mass is 459 g/mol. The van der Waals surface area contributed by atoms with Gasteiger partial charge in [0.25, 0.3) is 0 Å². The van der Waals surface area contributed by atoms with E-state index in [-0.39, 0.29) is 11.7 Å². The van der Waals surface area contributed by atoms with Gasteiger partial charge in [0.2, 0.25) is 0 Å². The zero-order valence-corrected chi connectivity index (χ0v) is 20.3. The van der Waals surface area contributed by atoms with Crippen molar-refractivity contribution in [2.24, 2.45) is 10.9 Å². The molecule has 4 rings (SSSR count). The number of hydrogen-bond acceptors (Lipinski definition) is 5. The Balaban J connectivity index is 1.80. The van der Waals surface area contributed by atoms with Crippen LogP contribution in [-0.2, 0) is 14.3 Å². The molecule has 0 radical (unpaired) electrons. The number of allylic oxidation sites excluding steroid dienone is 1. The molecule has 0 amide bonds. The maximum absolute atomic E-state index is 13.7. The molecule has 2 aromatic rings. The van der Waals surface area contributed by atoms with E-state index in [1.807, 2.05) is 56.3 Å². The first-order chi connectivity index (χ1) is 16.5. The van der Waals surface area contributed by atoms with E-state index >= 15 is 0 Å². The van der Waals surface area contributed by atoms with Crippen LogP contribution in [-0.4, -0.2) is 30.7 Å². The fraction of sp³-hybridized carbons (Fsp3) is 0.414. The van der Waals surface area contributed by atoms with Crippen LogP contribution in [0.25, 0.3) is 0 Å². The van der Waals surface area contributed by atoms with E-state index < -0.39 is 17.8 Å². The summed E-state index contributed by atoms with van der Waals surface area (Å²) >= 11 is 0. The smallest absolute Gasteiger partial charge is 0.336 e. The van der Waals surface area contributed by atoms with Crippen molar-refractivity contribution in [1.29, 1.82) is 0 Å². The summed E-state index contributed by atoms with van der Waals surface area (Å²) in [4.78, 5) is 31.8. The van der Waals surface area contributed by atoms with Crippen molar-refractivity contribution in [1.82, 2.24) is 0 Å². The predicted octanol–water partition coefficient (Wildman–Crippen LogP) is 6.00. The minimum atomic E-state index is -0.487. The Morgan fingerprint density at radius 3 is 2.38 bits per heavy atom. The number of esters is 1. The summed E-state index contributed by atoms with van der Waals surface area (Å²) in [7, 11) is 0. The Kier molecular flexibility index (Phi) is 7.61. The number of ketones is 1. The Labute approximate surface area is 201 Å². The molecule has 1 heterocycles. The van der Waals surface area contributed by atoms with Crippen LogP contribution >= 0.6 is 0 Å². The Bertz CT molecular complexity index is 1100. The van der Waals surface area contributed by atoms with E-state index in [0.29, 0.717) is 43.1 Å². The molecule has 34 heavy (non-hydrogen) atoms. The third-order valence-electron chi connectivity index (χ3n) is 6.60. The molecule has 178 valence electrons. The number of rotatable bonds is 8. The van der Waals surface area contributed by atoms with Gasteiger partial charge in [-0.1, -0.05) is 62.4 Å². The molecule has 1 aliphatic carbocycles. The lowest BCUT2D eigenvalue weighted by Gasteiger charge is -2.38. The normalized spacial score (nSPS) is 22.1. The van der Waals surface area contributed by atoms with E-state index in [4.69, 9.17) is 14.5 Å². The molecule has 0 aromatic heterocycles. The largest absolute Gasteiger partial charge is 0.493 e. The molecule has 2 aliphatic rings. The van der Waals surface area contributed by atoms with E-state index in [1.165, 1.54) is 0 Å². The summed E-state index contributed by atoms with van der Waals surface area (Å²) in [5.74, 6) is -0.425. The summed E-state index contributed by atoms with van der Waals surface area (Å²) in [6.07, 6.45) is 2.73. The van der Waals surface area contributed by atoms with E-state index in [9.17, 15) is 9.59 Å². The molecule has 1 unspecified atom stereocenters. The fourth-order valence-corrected chi connectivity index (χ4v) is 5.09. The van der Waals surface area contributed by atoms with Crippen molar-refractivity contribution >= 4 is 17.5 Å². The summed E-state index contributed by atoms with van der Waals surface area (Å²) in [6, 6.07) is 17.9. The molecular weight excluding hydrogens is 426 g/mol. The highest BCUT2D eigenvalue weighted by Gasteiger charge is 2.46. The van der Waals surface area contributed by atoms with Crippen LogP contribution in [0.1, 0.15) is 69.4 Å². The summed E-state index contributed by atoms with van der Waals surface area (Å²) < 4.78 is 11.6. The van der Waals surface area contributed by atoms with Crippen molar-refractivity contribution in [2.45, 2.75) is 58.3 Å². The molecule has 1 aliphatic heterocycles. The van der Waals surface area contributed by atoms with Crippen LogP contribution in [0.5, 0.6) is 5.75 Å². The highest BCUT2D eigenvalue weighted by atomic mass is 16.5. The van der Waals surface area contributed by atoms with Crippen LogP contribution in [0.3, 0.4) is 0 Å². The van der Waals surface area contributed by atoms with Crippen molar-refractivity contribution in [2.75, 3.05) is 13.2 Å². The Hall–Kier alpha value is -3.21. The first kappa shape index (κ1) is 23.9. The third kappa shape index (κ3) is 4.84. The molecule has 2 aromatic carbocycles. The first-order valence-electron chi connectivity index (χ1n) is 12.3. The number of nitrogens with zero attached hydrogens (tertiary/aromatic N) is 1. The van der Waals surface area contributed by atoms with E-state index in [0.717, 1.165) is 29.7 Å². The number of hydrogen-bond donors (Lipinski definition) is 0. The van der Waals surface area contributed by atoms with Gasteiger partial charge in [-0.15, -0.1) is 0 Å². The molecule has 0 bridgehead atoms. The van der Waals surface area contributed by atoms with Gasteiger partial charge in [-0.25, -0.2) is 4.79 Å². The maximum Gasteiger partial charge on any atom is 0.336 e. The van der Waals surface area contributed by atoms with Gasteiger partial charge in [0.1, 0.15) is 11.5 Å². The van der Waals surface area contributed by atoms with Crippen molar-refractivity contribution in [3.05, 3.63) is 77.0 Å². The number of benzene rings is 2. The molecule has 5 nitrogen and oxygen atoms in total. The zero-order valence-electron chi connectivity index (χ0n) is 20.3. The number of fused-ring (bicyclic) bond motifs is 1. The minimum Gasteiger partial charge on any atom is -0.493 e. The number of carbonyl (C=O) groups excluding carboxylic acids is 2. The van der Waals surface area contributed by atoms with E-state index in [1.54, 1.807) is 0 Å². The lowest BCUT2D eigenvalue weighted by Crippen LogP contribution is -2.41. The first-order valence-corrected chi connectivity index (χ1v) is 12.3. The number of carbonyl (C=O) groups is 2. The molecule has 5 heteroatoms. The SMILES string of the molecule is CCCOC(=O)C1=C(C)N=C2C[C@H](c3ccccc3)CC(=O)C2[C@H]1c1ccccc1OCCC. The second kappa shape index (κ2) is 10.8. The van der Waals surface area contributed by atoms with Crippen LogP contribution in [0.15, 0.2) is 70.9 Å². The summed E-state index contributed by atoms with van der Waals surface area (Å²) in [5.41, 5.74) is 3.95. The van der Waals surface area contributed by atoms with Gasteiger partial charge in [-0.05, 0) is 43.7 Å². The van der Waals surface area contributed by atoms with Gasteiger partial charge in [-0.3, -0.25) is 9.79 Å². The second-order valence-electron chi connectivity index (χ2n) is 9.06. The Morgan fingerprint density at radius 1 is 0.941 bits per heavy atom. The topological polar surface area (TPSA) is 65.0 Å². The second-order valence-corrected chi connectivity index (χ2v) is 9.06. The van der Waals surface area contributed by atoms with Gasteiger partial charge in [0, 0.05) is 29.3 Å². The van der Waals surface area contributed by atoms with Crippen LogP contribution in [0.4, 0.5) is 0 Å². The maximum atomic E-state index is 13.7. The number of ether oxygens (including phenoxy) is 2. The molecular formula is C29H33NO4. The number of Topliss-reactive ketones (excluding diaryl/α,β-unsaturated/α-hetero) is 1. The summed E-state index contributed by atoms with van der Waals surface area (Å²) in [6.45, 7) is 6.77. The molecule has 1 fully saturated rings. The average Bonchev–Trinajstić information content (AvgIpc) is 2.85. The van der Waals surface area contributed by atoms with Crippen molar-refractivity contribution in [3.8, 4) is 5.75 Å². The van der Waals surface area contributed by atoms with Gasteiger partial charge >= 0.3 is 5.97 Å². The van der Waals surface area contributed by atoms with Crippen molar-refractivity contribution < 1.29 is 19.1 Å². The zero-order chi connectivity index (χ0) is 24.1. The summed E-state index contributed by atoms with van der Waals surface area (Å²) in [5, 5.41) is 0. The van der Waals surface area contributed by atoms with Gasteiger partial charge in [0.15, 0.2) is 0 Å². The fourth-order valence-electron chi connectivity index (χ4n) is 5.09. The molecule has 0 saturated heterocycles. The lowest BCUT2D eigenvalue weighted by atomic mass is 9.66. The van der Waals surface area contributed by atoms with Gasteiger partial charge in [0.05, 0.1) is 24.7 Å². The molecule has 0 N–H and O–H groups in total. The van der Waals surface area contributed by atoms with Gasteiger partial charge in [-0.2, -0.15) is 0 Å². The third-order valence-corrected chi connectivity index (χ3v) is 6.60. The predicted molar refractivity (Wildman–Crippen MR) is 133 cm³/mol. The molecule has 1 saturated carbocycles. The van der Waals surface area contributed by atoms with E-state index in [2.05, 4.69) is 19.1 Å². The van der Waals surface area contributed by atoms with Crippen LogP contribution in [0, 0.1) is 5.92 Å². The van der Waals surface area contributed by atoms with Gasteiger partial charge < -0.3 is 9.47 Å². The highest BCUT2D eigenvalue weighted by Crippen LogP contribution is 2.48. The standard InChI is InChI=1S/C29H33NO4/c1-4-15-33-25-14-10-9-13-22(25)27-26(29(32)34-16-5-2)19(3)30-23-17-21(18-24(31)28(23)27)20-11-7-6-8-12-20/h6-14,21,27-28H,4-5,15-18H2,1-3H3/t21-,27-,28?/m0/s1. The quantitative estimate of drug-likeness (QED) is 0.454. The molecule has 3 atom stereocenters. The molecule has 0 spiro atoms. The number of para-hydroxylation sites is 1. The lowest BCUT2D eigenvalue weighted by molar-refractivity contribution is -0.139. The average molecular weight is 460 g/mol. The minimum absolute atomic E-state index is 0.0947. The van der Waals surface area contributed by atoms with Crippen molar-refractivity contribution in [3.63, 3.8) is 0 Å². The van der Waals surface area contributed by atoms with Crippen LogP contribution in [0.2, 0.25) is 0 Å².